The lowest BCUT2D eigenvalue weighted by Gasteiger charge is -2.42. The quantitative estimate of drug-likeness (QED) is 0.265. The number of hydrogen-bond acceptors (Lipinski definition) is 10. The van der Waals surface area contributed by atoms with E-state index in [0.717, 1.165) is 20.8 Å². The fraction of sp³-hybridized carbons (Fsp3) is 0.769. The minimum absolute atomic E-state index is 0.860. The van der Waals surface area contributed by atoms with Gasteiger partial charge in [0.1, 0.15) is 0 Å². The fourth-order valence-electron chi connectivity index (χ4n) is 2.21. The van der Waals surface area contributed by atoms with Gasteiger partial charge in [-0.2, -0.15) is 21.6 Å². The molecule has 0 amide bonds. The number of alkyl halides is 3. The predicted octanol–water partition coefficient (Wildman–Crippen LogP) is 0.392. The maximum Gasteiger partial charge on any atom is 0.523 e. The molecule has 1 aliphatic rings. The highest BCUT2D eigenvalue weighted by Gasteiger charge is 2.57. The van der Waals surface area contributed by atoms with Crippen molar-refractivity contribution in [3.8, 4) is 0 Å². The van der Waals surface area contributed by atoms with Gasteiger partial charge in [0.15, 0.2) is 18.3 Å². The van der Waals surface area contributed by atoms with Gasteiger partial charge in [0.2, 0.25) is 6.29 Å². The van der Waals surface area contributed by atoms with Crippen LogP contribution in [0.15, 0.2) is 0 Å². The lowest BCUT2D eigenvalue weighted by atomic mass is 9.99. The molecule has 1 fully saturated rings. The Kier molecular flexibility index (Phi) is 7.18. The summed E-state index contributed by atoms with van der Waals surface area (Å²) in [6.45, 7) is 3.89. The second-order valence-corrected chi connectivity index (χ2v) is 6.99. The number of rotatable bonds is 5. The molecule has 0 aliphatic carbocycles. The lowest BCUT2D eigenvalue weighted by molar-refractivity contribution is -0.286. The van der Waals surface area contributed by atoms with Crippen molar-refractivity contribution < 1.29 is 59.1 Å². The zero-order valence-electron chi connectivity index (χ0n) is 14.5. The summed E-state index contributed by atoms with van der Waals surface area (Å²) in [5.74, 6) is -3.04. The summed E-state index contributed by atoms with van der Waals surface area (Å²) in [6.07, 6.45) is -8.97. The van der Waals surface area contributed by atoms with Crippen LogP contribution in [0.25, 0.3) is 0 Å². The van der Waals surface area contributed by atoms with E-state index < -0.39 is 64.2 Å². The van der Waals surface area contributed by atoms with Gasteiger partial charge in [0.05, 0.1) is 6.10 Å². The van der Waals surface area contributed by atoms with Gasteiger partial charge in [0.25, 0.3) is 0 Å². The van der Waals surface area contributed by atoms with E-state index in [-0.39, 0.29) is 0 Å². The van der Waals surface area contributed by atoms with E-state index in [1.165, 1.54) is 6.92 Å². The predicted molar refractivity (Wildman–Crippen MR) is 77.1 cm³/mol. The Labute approximate surface area is 151 Å². The van der Waals surface area contributed by atoms with Crippen molar-refractivity contribution in [3.63, 3.8) is 0 Å². The third kappa shape index (κ3) is 6.04. The Morgan fingerprint density at radius 3 is 1.70 bits per heavy atom. The third-order valence-corrected chi connectivity index (χ3v) is 4.18. The smallest absolute Gasteiger partial charge is 0.457 e. The Morgan fingerprint density at radius 1 is 0.852 bits per heavy atom. The second kappa shape index (κ2) is 8.39. The number of halogens is 3. The first-order valence-corrected chi connectivity index (χ1v) is 8.73. The van der Waals surface area contributed by atoms with Crippen LogP contribution in [-0.2, 0) is 47.6 Å². The van der Waals surface area contributed by atoms with Gasteiger partial charge >= 0.3 is 33.5 Å². The molecule has 156 valence electrons. The summed E-state index contributed by atoms with van der Waals surface area (Å²) >= 11 is 0. The number of carbonyl (C=O) groups is 3. The van der Waals surface area contributed by atoms with Crippen LogP contribution in [0.3, 0.4) is 0 Å². The fourth-order valence-corrected chi connectivity index (χ4v) is 2.83. The Hall–Kier alpha value is -1.93. The van der Waals surface area contributed by atoms with Crippen molar-refractivity contribution in [2.45, 2.75) is 63.9 Å². The molecule has 14 heteroatoms. The molecule has 0 N–H and O–H groups in total. The van der Waals surface area contributed by atoms with Gasteiger partial charge in [-0.3, -0.25) is 18.6 Å². The van der Waals surface area contributed by atoms with Crippen LogP contribution in [-0.4, -0.2) is 62.5 Å². The first-order chi connectivity index (χ1) is 12.2. The maximum absolute atomic E-state index is 12.7. The number of carbonyl (C=O) groups excluding carboxylic acids is 3. The molecule has 1 unspecified atom stereocenters. The van der Waals surface area contributed by atoms with Crippen molar-refractivity contribution >= 4 is 28.0 Å². The van der Waals surface area contributed by atoms with E-state index in [4.69, 9.17) is 18.9 Å². The highest BCUT2D eigenvalue weighted by atomic mass is 32.2. The van der Waals surface area contributed by atoms with Gasteiger partial charge in [-0.25, -0.2) is 0 Å². The van der Waals surface area contributed by atoms with E-state index in [0.29, 0.717) is 0 Å². The largest absolute Gasteiger partial charge is 0.523 e. The molecule has 0 spiro atoms. The van der Waals surface area contributed by atoms with Gasteiger partial charge in [-0.15, -0.1) is 0 Å². The topological polar surface area (TPSA) is 132 Å². The molecule has 0 radical (unpaired) electrons. The molecule has 27 heavy (non-hydrogen) atoms. The standard InChI is InChI=1S/C13H17F3O10S/c1-5-9(23-6(2)17)10(26-27(20,21)13(14,15)16)11(24-7(3)18)12(22-5)25-8(4)19/h5,9-12H,1-4H3/t5-,9-,10-,11+,12?/m0/s1. The summed E-state index contributed by atoms with van der Waals surface area (Å²) < 4.78 is 84.7. The molecule has 0 aromatic carbocycles. The molecule has 0 saturated carbocycles. The monoisotopic (exact) mass is 422 g/mol. The first-order valence-electron chi connectivity index (χ1n) is 7.32. The van der Waals surface area contributed by atoms with Crippen molar-refractivity contribution in [1.29, 1.82) is 0 Å². The number of esters is 3. The van der Waals surface area contributed by atoms with Crippen LogP contribution in [0.2, 0.25) is 0 Å². The SMILES string of the molecule is CC(=O)OC1O[C@@H](C)[C@H](OC(C)=O)[C@H](OS(=O)(=O)C(F)(F)F)[C@H]1OC(C)=O. The van der Waals surface area contributed by atoms with Crippen molar-refractivity contribution in [2.75, 3.05) is 0 Å². The highest BCUT2D eigenvalue weighted by Crippen LogP contribution is 2.34. The Morgan fingerprint density at radius 2 is 1.30 bits per heavy atom. The molecular weight excluding hydrogens is 405 g/mol. The zero-order chi connectivity index (χ0) is 21.2. The average molecular weight is 422 g/mol. The normalized spacial score (nSPS) is 28.9. The lowest BCUT2D eigenvalue weighted by Crippen LogP contribution is -2.61. The van der Waals surface area contributed by atoms with Crippen LogP contribution in [0.4, 0.5) is 13.2 Å². The van der Waals surface area contributed by atoms with Crippen molar-refractivity contribution in [3.05, 3.63) is 0 Å². The molecule has 1 saturated heterocycles. The summed E-state index contributed by atoms with van der Waals surface area (Å²) in [7, 11) is -6.19. The Bertz CT molecular complexity index is 689. The molecule has 5 atom stereocenters. The molecule has 0 aromatic rings. The third-order valence-electron chi connectivity index (χ3n) is 3.13. The van der Waals surface area contributed by atoms with Gasteiger partial charge in [-0.05, 0) is 6.92 Å². The van der Waals surface area contributed by atoms with Crippen molar-refractivity contribution in [1.82, 2.24) is 0 Å². The molecule has 0 aromatic heterocycles. The van der Waals surface area contributed by atoms with Crippen LogP contribution >= 0.6 is 0 Å². The summed E-state index contributed by atoms with van der Waals surface area (Å²) in [4.78, 5) is 33.8. The van der Waals surface area contributed by atoms with E-state index in [2.05, 4.69) is 4.18 Å². The molecule has 0 bridgehead atoms. The number of ether oxygens (including phenoxy) is 4. The van der Waals surface area contributed by atoms with E-state index in [1.54, 1.807) is 0 Å². The summed E-state index contributed by atoms with van der Waals surface area (Å²) in [5.41, 5.74) is -5.81. The molecule has 1 heterocycles. The van der Waals surface area contributed by atoms with E-state index >= 15 is 0 Å². The molecule has 1 rings (SSSR count). The van der Waals surface area contributed by atoms with E-state index in [9.17, 15) is 36.0 Å². The highest BCUT2D eigenvalue weighted by molar-refractivity contribution is 7.87. The van der Waals surface area contributed by atoms with Crippen LogP contribution < -0.4 is 0 Å². The first kappa shape index (κ1) is 23.1. The average Bonchev–Trinajstić information content (AvgIpc) is 2.44. The summed E-state index contributed by atoms with van der Waals surface area (Å²) in [6, 6.07) is 0. The molecule has 10 nitrogen and oxygen atoms in total. The van der Waals surface area contributed by atoms with Gasteiger partial charge < -0.3 is 18.9 Å². The second-order valence-electron chi connectivity index (χ2n) is 5.43. The Balaban J connectivity index is 3.39. The van der Waals surface area contributed by atoms with Crippen LogP contribution in [0.1, 0.15) is 27.7 Å². The number of hydrogen-bond donors (Lipinski definition) is 0. The minimum atomic E-state index is -6.19. The summed E-state index contributed by atoms with van der Waals surface area (Å²) in [5, 5.41) is 0. The maximum atomic E-state index is 12.7. The van der Waals surface area contributed by atoms with Gasteiger partial charge in [0, 0.05) is 20.8 Å². The van der Waals surface area contributed by atoms with E-state index in [1.807, 2.05) is 0 Å². The minimum Gasteiger partial charge on any atom is -0.457 e. The van der Waals surface area contributed by atoms with Crippen LogP contribution in [0, 0.1) is 0 Å². The van der Waals surface area contributed by atoms with Crippen molar-refractivity contribution in [2.24, 2.45) is 0 Å². The van der Waals surface area contributed by atoms with Crippen LogP contribution in [0.5, 0.6) is 0 Å². The molecule has 1 aliphatic heterocycles. The molecular formula is C13H17F3O10S. The van der Waals surface area contributed by atoms with Gasteiger partial charge in [-0.1, -0.05) is 0 Å². The zero-order valence-corrected chi connectivity index (χ0v) is 15.3.